The predicted octanol–water partition coefficient (Wildman–Crippen LogP) is 4.35. The fourth-order valence-electron chi connectivity index (χ4n) is 3.75. The molecule has 0 saturated carbocycles. The standard InChI is InChI=1S/C16H18F3N3S/c17-16(18,19)10-4-3-7-22(8-10)14-13-11-5-1-2-6-12(11)23-15(13)21-9-20-14/h9-10H,1-8H2/t10-/m0/s1. The van der Waals surface area contributed by atoms with Crippen molar-refractivity contribution < 1.29 is 13.2 Å². The molecule has 1 aliphatic carbocycles. The van der Waals surface area contributed by atoms with Crippen LogP contribution in [0, 0.1) is 5.92 Å². The lowest BCUT2D eigenvalue weighted by molar-refractivity contribution is -0.176. The molecule has 2 aliphatic rings. The molecule has 4 rings (SSSR count). The van der Waals surface area contributed by atoms with Crippen molar-refractivity contribution in [2.24, 2.45) is 5.92 Å². The van der Waals surface area contributed by atoms with Crippen molar-refractivity contribution in [3.8, 4) is 0 Å². The maximum absolute atomic E-state index is 13.1. The molecule has 0 aromatic carbocycles. The quantitative estimate of drug-likeness (QED) is 0.772. The minimum absolute atomic E-state index is 0.0141. The summed E-state index contributed by atoms with van der Waals surface area (Å²) in [6, 6.07) is 0. The van der Waals surface area contributed by atoms with Crippen LogP contribution in [0.25, 0.3) is 10.2 Å². The van der Waals surface area contributed by atoms with E-state index in [0.29, 0.717) is 18.8 Å². The molecule has 0 bridgehead atoms. The number of hydrogen-bond acceptors (Lipinski definition) is 4. The molecule has 0 unspecified atom stereocenters. The van der Waals surface area contributed by atoms with Gasteiger partial charge >= 0.3 is 6.18 Å². The Balaban J connectivity index is 1.75. The molecule has 0 radical (unpaired) electrons. The maximum Gasteiger partial charge on any atom is 0.393 e. The molecule has 1 fully saturated rings. The van der Waals surface area contributed by atoms with Crippen LogP contribution >= 0.6 is 11.3 Å². The van der Waals surface area contributed by atoms with E-state index in [1.807, 2.05) is 4.90 Å². The average molecular weight is 341 g/mol. The molecule has 1 saturated heterocycles. The lowest BCUT2D eigenvalue weighted by atomic mass is 9.95. The Morgan fingerprint density at radius 2 is 1.96 bits per heavy atom. The number of anilines is 1. The second-order valence-electron chi connectivity index (χ2n) is 6.42. The molecule has 0 N–H and O–H groups in total. The highest BCUT2D eigenvalue weighted by molar-refractivity contribution is 7.19. The van der Waals surface area contributed by atoms with E-state index in [0.717, 1.165) is 29.5 Å². The Hall–Kier alpha value is -1.37. The van der Waals surface area contributed by atoms with Gasteiger partial charge in [0.25, 0.3) is 0 Å². The van der Waals surface area contributed by atoms with Gasteiger partial charge in [-0.2, -0.15) is 13.2 Å². The van der Waals surface area contributed by atoms with E-state index < -0.39 is 12.1 Å². The number of aryl methyl sites for hydroxylation is 2. The first-order valence-electron chi connectivity index (χ1n) is 8.11. The van der Waals surface area contributed by atoms with Crippen LogP contribution in [0.15, 0.2) is 6.33 Å². The molecule has 2 aromatic rings. The summed E-state index contributed by atoms with van der Waals surface area (Å²) in [5.41, 5.74) is 1.28. The van der Waals surface area contributed by atoms with Gasteiger partial charge in [-0.05, 0) is 44.1 Å². The molecule has 3 nitrogen and oxygen atoms in total. The number of rotatable bonds is 1. The fraction of sp³-hybridized carbons (Fsp3) is 0.625. The van der Waals surface area contributed by atoms with Gasteiger partial charge in [0.05, 0.1) is 11.3 Å². The third kappa shape index (κ3) is 2.69. The molecular formula is C16H18F3N3S. The van der Waals surface area contributed by atoms with Crippen molar-refractivity contribution in [1.82, 2.24) is 9.97 Å². The van der Waals surface area contributed by atoms with Gasteiger partial charge in [0.1, 0.15) is 17.0 Å². The first kappa shape index (κ1) is 15.2. The van der Waals surface area contributed by atoms with Crippen LogP contribution in [-0.2, 0) is 12.8 Å². The Kier molecular flexibility index (Phi) is 3.70. The van der Waals surface area contributed by atoms with E-state index >= 15 is 0 Å². The number of nitrogens with zero attached hydrogens (tertiary/aromatic N) is 3. The van der Waals surface area contributed by atoms with Gasteiger partial charge in [0.15, 0.2) is 0 Å². The highest BCUT2D eigenvalue weighted by Crippen LogP contribution is 2.41. The summed E-state index contributed by atoms with van der Waals surface area (Å²) < 4.78 is 39.3. The minimum atomic E-state index is -4.13. The monoisotopic (exact) mass is 341 g/mol. The van der Waals surface area contributed by atoms with Crippen LogP contribution < -0.4 is 4.90 Å². The van der Waals surface area contributed by atoms with E-state index in [9.17, 15) is 13.2 Å². The molecule has 124 valence electrons. The first-order valence-corrected chi connectivity index (χ1v) is 8.92. The molecule has 0 spiro atoms. The number of thiophene rings is 1. The Morgan fingerprint density at radius 1 is 1.13 bits per heavy atom. The van der Waals surface area contributed by atoms with Gasteiger partial charge < -0.3 is 4.90 Å². The fourth-order valence-corrected chi connectivity index (χ4v) is 4.97. The third-order valence-electron chi connectivity index (χ3n) is 4.92. The minimum Gasteiger partial charge on any atom is -0.355 e. The molecule has 1 aliphatic heterocycles. The van der Waals surface area contributed by atoms with Crippen molar-refractivity contribution in [1.29, 1.82) is 0 Å². The van der Waals surface area contributed by atoms with E-state index in [2.05, 4.69) is 9.97 Å². The lowest BCUT2D eigenvalue weighted by Crippen LogP contribution is -2.42. The van der Waals surface area contributed by atoms with Crippen LogP contribution in [0.4, 0.5) is 19.0 Å². The normalized spacial score (nSPS) is 22.4. The van der Waals surface area contributed by atoms with Crippen LogP contribution in [0.2, 0.25) is 0 Å². The number of piperidine rings is 1. The molecule has 7 heteroatoms. The highest BCUT2D eigenvalue weighted by atomic mass is 32.1. The summed E-state index contributed by atoms with van der Waals surface area (Å²) in [7, 11) is 0. The van der Waals surface area contributed by atoms with Gasteiger partial charge in [-0.25, -0.2) is 9.97 Å². The largest absolute Gasteiger partial charge is 0.393 e. The van der Waals surface area contributed by atoms with Crippen LogP contribution in [0.1, 0.15) is 36.1 Å². The SMILES string of the molecule is FC(F)(F)[C@H]1CCCN(c2ncnc3sc4c(c23)CCCC4)C1. The molecular weight excluding hydrogens is 323 g/mol. The van der Waals surface area contributed by atoms with Crippen molar-refractivity contribution in [3.63, 3.8) is 0 Å². The number of fused-ring (bicyclic) bond motifs is 3. The summed E-state index contributed by atoms with van der Waals surface area (Å²) in [5.74, 6) is -0.543. The Bertz CT molecular complexity index is 725. The topological polar surface area (TPSA) is 29.0 Å². The van der Waals surface area contributed by atoms with Crippen LogP contribution in [0.5, 0.6) is 0 Å². The van der Waals surface area contributed by atoms with Gasteiger partial charge in [0, 0.05) is 18.0 Å². The van der Waals surface area contributed by atoms with Crippen LogP contribution in [-0.4, -0.2) is 29.2 Å². The van der Waals surface area contributed by atoms with Crippen molar-refractivity contribution in [2.45, 2.75) is 44.7 Å². The Morgan fingerprint density at radius 3 is 2.78 bits per heavy atom. The molecule has 0 amide bonds. The number of hydrogen-bond donors (Lipinski definition) is 0. The zero-order valence-corrected chi connectivity index (χ0v) is 13.5. The van der Waals surface area contributed by atoms with Crippen molar-refractivity contribution in [3.05, 3.63) is 16.8 Å². The summed E-state index contributed by atoms with van der Waals surface area (Å²) >= 11 is 1.68. The number of aromatic nitrogens is 2. The summed E-state index contributed by atoms with van der Waals surface area (Å²) in [4.78, 5) is 12.8. The van der Waals surface area contributed by atoms with Gasteiger partial charge in [0.2, 0.25) is 0 Å². The summed E-state index contributed by atoms with van der Waals surface area (Å²) in [6.07, 6.45) is 2.52. The predicted molar refractivity (Wildman–Crippen MR) is 85.0 cm³/mol. The zero-order chi connectivity index (χ0) is 16.0. The molecule has 3 heterocycles. The maximum atomic E-state index is 13.1. The van der Waals surface area contributed by atoms with Crippen LogP contribution in [0.3, 0.4) is 0 Å². The second-order valence-corrected chi connectivity index (χ2v) is 7.50. The number of halogens is 3. The third-order valence-corrected chi connectivity index (χ3v) is 6.11. The van der Waals surface area contributed by atoms with E-state index in [4.69, 9.17) is 0 Å². The number of alkyl halides is 3. The summed E-state index contributed by atoms with van der Waals surface area (Å²) in [5, 5.41) is 1.01. The van der Waals surface area contributed by atoms with Gasteiger partial charge in [-0.15, -0.1) is 11.3 Å². The first-order chi connectivity index (χ1) is 11.0. The molecule has 2 aromatic heterocycles. The Labute approximate surface area is 136 Å². The zero-order valence-electron chi connectivity index (χ0n) is 12.7. The van der Waals surface area contributed by atoms with Crippen molar-refractivity contribution in [2.75, 3.05) is 18.0 Å². The second kappa shape index (κ2) is 5.61. The van der Waals surface area contributed by atoms with Gasteiger partial charge in [-0.3, -0.25) is 0 Å². The summed E-state index contributed by atoms with van der Waals surface area (Å²) in [6.45, 7) is 0.656. The van der Waals surface area contributed by atoms with E-state index in [1.165, 1.54) is 23.2 Å². The highest BCUT2D eigenvalue weighted by Gasteiger charge is 2.42. The van der Waals surface area contributed by atoms with Crippen molar-refractivity contribution >= 4 is 27.4 Å². The average Bonchev–Trinajstić information content (AvgIpc) is 2.93. The lowest BCUT2D eigenvalue weighted by Gasteiger charge is -2.34. The van der Waals surface area contributed by atoms with E-state index in [1.54, 1.807) is 11.3 Å². The molecule has 23 heavy (non-hydrogen) atoms. The smallest absolute Gasteiger partial charge is 0.355 e. The molecule has 1 atom stereocenters. The van der Waals surface area contributed by atoms with E-state index in [-0.39, 0.29) is 13.0 Å². The van der Waals surface area contributed by atoms with Gasteiger partial charge in [-0.1, -0.05) is 0 Å².